The predicted octanol–water partition coefficient (Wildman–Crippen LogP) is 2.29. The first-order valence-corrected chi connectivity index (χ1v) is 7.01. The molecule has 8 heteroatoms. The lowest BCUT2D eigenvalue weighted by molar-refractivity contribution is 0.158. The number of hydrogen-bond donors (Lipinski definition) is 2. The quantitative estimate of drug-likeness (QED) is 0.348. The van der Waals surface area contributed by atoms with Crippen molar-refractivity contribution in [3.63, 3.8) is 0 Å². The van der Waals surface area contributed by atoms with E-state index in [0.29, 0.717) is 18.1 Å². The molecule has 2 N–H and O–H groups in total. The van der Waals surface area contributed by atoms with Crippen molar-refractivity contribution in [1.29, 1.82) is 5.41 Å². The molecule has 0 aromatic carbocycles. The fraction of sp³-hybridized carbons (Fsp3) is 0.667. The van der Waals surface area contributed by atoms with Crippen LogP contribution >= 0.6 is 23.5 Å². The Kier molecular flexibility index (Phi) is 9.74. The smallest absolute Gasteiger partial charge is 0.413 e. The molecule has 98 valence electrons. The van der Waals surface area contributed by atoms with Gasteiger partial charge < -0.3 is 9.47 Å². The largest absolute Gasteiger partial charge is 0.458 e. The average Bonchev–Trinajstić information content (AvgIpc) is 2.25. The van der Waals surface area contributed by atoms with Gasteiger partial charge in [0.2, 0.25) is 0 Å². The third kappa shape index (κ3) is 10.0. The number of thioether (sulfide) groups is 2. The lowest BCUT2D eigenvalue weighted by Crippen LogP contribution is -2.28. The van der Waals surface area contributed by atoms with Crippen LogP contribution < -0.4 is 5.32 Å². The molecule has 0 aliphatic heterocycles. The van der Waals surface area contributed by atoms with Gasteiger partial charge in [-0.25, -0.2) is 9.59 Å². The van der Waals surface area contributed by atoms with Crippen LogP contribution in [0.1, 0.15) is 13.8 Å². The van der Waals surface area contributed by atoms with E-state index in [-0.39, 0.29) is 17.1 Å². The fourth-order valence-corrected chi connectivity index (χ4v) is 2.12. The Labute approximate surface area is 109 Å². The number of carbonyl (C=O) groups is 2. The summed E-state index contributed by atoms with van der Waals surface area (Å²) in [6.45, 7) is 4.06. The highest BCUT2D eigenvalue weighted by Crippen LogP contribution is 2.09. The van der Waals surface area contributed by atoms with E-state index in [1.807, 2.05) is 0 Å². The van der Waals surface area contributed by atoms with Gasteiger partial charge in [0.25, 0.3) is 0 Å². The van der Waals surface area contributed by atoms with E-state index in [2.05, 4.69) is 10.1 Å². The fourth-order valence-electron chi connectivity index (χ4n) is 0.724. The molecule has 0 atom stereocenters. The molecule has 0 aliphatic carbocycles. The number of amidine groups is 1. The molecule has 0 saturated carbocycles. The van der Waals surface area contributed by atoms with Gasteiger partial charge in [-0.05, 0) is 25.6 Å². The van der Waals surface area contributed by atoms with Crippen LogP contribution in [0.2, 0.25) is 0 Å². The number of carbonyl (C=O) groups excluding carboxylic acids is 2. The Morgan fingerprint density at radius 2 is 1.71 bits per heavy atom. The maximum absolute atomic E-state index is 10.9. The van der Waals surface area contributed by atoms with E-state index in [4.69, 9.17) is 10.1 Å². The number of rotatable bonds is 5. The molecule has 0 radical (unpaired) electrons. The van der Waals surface area contributed by atoms with Crippen LogP contribution in [0.3, 0.4) is 0 Å². The van der Waals surface area contributed by atoms with Gasteiger partial charge in [-0.3, -0.25) is 10.7 Å². The van der Waals surface area contributed by atoms with E-state index in [0.717, 1.165) is 23.5 Å². The van der Waals surface area contributed by atoms with Crippen molar-refractivity contribution in [2.24, 2.45) is 0 Å². The van der Waals surface area contributed by atoms with Gasteiger partial charge in [0, 0.05) is 11.5 Å². The first-order valence-electron chi connectivity index (χ1n) is 5.04. The Hall–Kier alpha value is -0.890. The summed E-state index contributed by atoms with van der Waals surface area (Å²) < 4.78 is 9.32. The normalized spacial score (nSPS) is 9.53. The van der Waals surface area contributed by atoms with Crippen molar-refractivity contribution < 1.29 is 19.1 Å². The van der Waals surface area contributed by atoms with Crippen molar-refractivity contribution in [3.8, 4) is 0 Å². The average molecular weight is 280 g/mol. The van der Waals surface area contributed by atoms with E-state index < -0.39 is 6.09 Å². The number of alkyl carbamates (subject to hydrolysis) is 1. The minimum Gasteiger partial charge on any atom is -0.458 e. The molecule has 0 rings (SSSR count). The molecular formula is C9H16N2O4S2. The zero-order valence-electron chi connectivity index (χ0n) is 9.78. The molecular weight excluding hydrogens is 264 g/mol. The highest BCUT2D eigenvalue weighted by molar-refractivity contribution is 8.16. The Balaban J connectivity index is 3.51. The lowest BCUT2D eigenvalue weighted by Gasteiger charge is -2.05. The number of hydrogen-bond acceptors (Lipinski definition) is 7. The molecule has 0 aliphatic rings. The molecule has 0 bridgehead atoms. The van der Waals surface area contributed by atoms with Crippen LogP contribution in [0.4, 0.5) is 9.59 Å². The minimum absolute atomic E-state index is 0.00732. The Morgan fingerprint density at radius 3 is 2.29 bits per heavy atom. The van der Waals surface area contributed by atoms with Gasteiger partial charge in [0.05, 0.1) is 13.2 Å². The third-order valence-corrected chi connectivity index (χ3v) is 3.12. The Bertz CT molecular complexity index is 274. The van der Waals surface area contributed by atoms with Crippen LogP contribution in [0.25, 0.3) is 0 Å². The molecule has 0 spiro atoms. The van der Waals surface area contributed by atoms with Gasteiger partial charge in [-0.2, -0.15) is 0 Å². The highest BCUT2D eigenvalue weighted by atomic mass is 32.2. The molecule has 0 fully saturated rings. The summed E-state index contributed by atoms with van der Waals surface area (Å²) in [5.74, 6) is 1.06. The Morgan fingerprint density at radius 1 is 1.12 bits per heavy atom. The summed E-state index contributed by atoms with van der Waals surface area (Å²) in [4.78, 5) is 21.9. The van der Waals surface area contributed by atoms with Gasteiger partial charge in [-0.1, -0.05) is 11.8 Å². The van der Waals surface area contributed by atoms with E-state index in [1.165, 1.54) is 0 Å². The summed E-state index contributed by atoms with van der Waals surface area (Å²) in [7, 11) is 0. The van der Waals surface area contributed by atoms with Crippen LogP contribution in [0.15, 0.2) is 0 Å². The molecule has 0 aromatic heterocycles. The van der Waals surface area contributed by atoms with Crippen LogP contribution in [0, 0.1) is 5.41 Å². The first-order chi connectivity index (χ1) is 8.10. The van der Waals surface area contributed by atoms with Gasteiger partial charge in [-0.15, -0.1) is 0 Å². The summed E-state index contributed by atoms with van der Waals surface area (Å²) in [5.41, 5.74) is 0. The maximum Gasteiger partial charge on any atom is 0.413 e. The summed E-state index contributed by atoms with van der Waals surface area (Å²) in [6.07, 6.45) is -0.636. The molecule has 0 saturated heterocycles. The van der Waals surface area contributed by atoms with E-state index in [9.17, 15) is 9.59 Å². The summed E-state index contributed by atoms with van der Waals surface area (Å²) in [6, 6.07) is 0. The molecule has 0 aromatic rings. The number of ether oxygens (including phenoxy) is 2. The number of nitrogens with one attached hydrogen (secondary N) is 2. The van der Waals surface area contributed by atoms with Gasteiger partial charge in [0.15, 0.2) is 5.17 Å². The molecule has 0 heterocycles. The van der Waals surface area contributed by atoms with Gasteiger partial charge in [0.1, 0.15) is 0 Å². The lowest BCUT2D eigenvalue weighted by atomic mass is 10.9. The van der Waals surface area contributed by atoms with Gasteiger partial charge >= 0.3 is 11.4 Å². The summed E-state index contributed by atoms with van der Waals surface area (Å²) in [5, 5.41) is 9.33. The van der Waals surface area contributed by atoms with Crippen molar-refractivity contribution >= 4 is 40.1 Å². The van der Waals surface area contributed by atoms with Crippen molar-refractivity contribution in [3.05, 3.63) is 0 Å². The van der Waals surface area contributed by atoms with Crippen molar-refractivity contribution in [2.45, 2.75) is 13.8 Å². The molecule has 6 nitrogen and oxygen atoms in total. The van der Waals surface area contributed by atoms with Crippen molar-refractivity contribution in [2.75, 3.05) is 24.7 Å². The van der Waals surface area contributed by atoms with E-state index >= 15 is 0 Å². The second-order valence-corrected chi connectivity index (χ2v) is 4.69. The molecule has 1 amide bonds. The predicted molar refractivity (Wildman–Crippen MR) is 69.8 cm³/mol. The minimum atomic E-state index is -0.636. The van der Waals surface area contributed by atoms with Crippen LogP contribution in [-0.2, 0) is 9.47 Å². The monoisotopic (exact) mass is 280 g/mol. The second-order valence-electron chi connectivity index (χ2n) is 2.55. The standard InChI is InChI=1S/C9H16N2O4S2/c1-3-14-8(12)11-7(10)16-5-6-17-9(13)15-4-2/h3-6H2,1-2H3,(H2,10,11,12). The zero-order valence-corrected chi connectivity index (χ0v) is 11.4. The van der Waals surface area contributed by atoms with E-state index in [1.54, 1.807) is 13.8 Å². The highest BCUT2D eigenvalue weighted by Gasteiger charge is 2.06. The van der Waals surface area contributed by atoms with Crippen molar-refractivity contribution in [1.82, 2.24) is 5.32 Å². The molecule has 0 unspecified atom stereocenters. The first kappa shape index (κ1) is 16.1. The topological polar surface area (TPSA) is 88.5 Å². The second kappa shape index (κ2) is 10.3. The zero-order chi connectivity index (χ0) is 13.1. The SMILES string of the molecule is CCOC(=O)NC(=N)SCCSC(=O)OCC. The maximum atomic E-state index is 10.9. The number of amides is 1. The summed E-state index contributed by atoms with van der Waals surface area (Å²) >= 11 is 2.18. The van der Waals surface area contributed by atoms with Crippen LogP contribution in [-0.4, -0.2) is 41.3 Å². The molecule has 17 heavy (non-hydrogen) atoms. The van der Waals surface area contributed by atoms with Crippen LogP contribution in [0.5, 0.6) is 0 Å². The third-order valence-electron chi connectivity index (χ3n) is 1.30.